The van der Waals surface area contributed by atoms with E-state index in [2.05, 4.69) is 48.5 Å². The number of carbonyl (C=O) groups excluding carboxylic acids is 5. The number of aliphatic hydroxyl groups excluding tert-OH is 2. The van der Waals surface area contributed by atoms with Crippen molar-refractivity contribution in [2.45, 2.75) is 219 Å². The highest BCUT2D eigenvalue weighted by atomic mass is 32.2. The van der Waals surface area contributed by atoms with E-state index in [9.17, 15) is 39.3 Å². The molecule has 7 heterocycles. The number of rotatable bonds is 34. The first-order valence-corrected chi connectivity index (χ1v) is 42.0. The van der Waals surface area contributed by atoms with Crippen LogP contribution in [0.2, 0.25) is 0 Å². The van der Waals surface area contributed by atoms with E-state index in [-0.39, 0.29) is 61.7 Å². The number of nitrogens with one attached hydrogen (secondary N) is 1. The summed E-state index contributed by atoms with van der Waals surface area (Å²) < 4.78 is 83.8. The molecule has 5 aromatic rings. The van der Waals surface area contributed by atoms with Crippen LogP contribution in [0.1, 0.15) is 147 Å². The maximum atomic E-state index is 15.6. The number of Topliss-reactive ketones (excluding diaryl/α,β-unsaturated/α-hetero) is 2. The second-order valence-corrected chi connectivity index (χ2v) is 32.7. The Labute approximate surface area is 673 Å². The number of ether oxygens (including phenoxy) is 10. The van der Waals surface area contributed by atoms with Gasteiger partial charge in [-0.15, -0.1) is 5.10 Å². The summed E-state index contributed by atoms with van der Waals surface area (Å²) in [7, 11) is 4.60. The molecule has 1 saturated carbocycles. The molecule has 3 aromatic heterocycles. The fourth-order valence-corrected chi connectivity index (χ4v) is 17.4. The number of aryl methyl sites for hydroxylation is 4. The number of amides is 2. The van der Waals surface area contributed by atoms with Gasteiger partial charge in [-0.25, -0.2) is 18.9 Å². The van der Waals surface area contributed by atoms with Gasteiger partial charge in [-0.2, -0.15) is 11.8 Å². The largest absolute Gasteiger partial charge is 0.484 e. The van der Waals surface area contributed by atoms with Gasteiger partial charge in [0.05, 0.1) is 113 Å². The van der Waals surface area contributed by atoms with Crippen molar-refractivity contribution in [1.29, 1.82) is 0 Å². The van der Waals surface area contributed by atoms with Crippen LogP contribution in [0.5, 0.6) is 5.75 Å². The Morgan fingerprint density at radius 1 is 0.816 bits per heavy atom. The van der Waals surface area contributed by atoms with E-state index < -0.39 is 95.8 Å². The number of esters is 1. The van der Waals surface area contributed by atoms with Gasteiger partial charge in [0.1, 0.15) is 47.9 Å². The van der Waals surface area contributed by atoms with E-state index in [1.54, 1.807) is 49.7 Å². The third kappa shape index (κ3) is 24.6. The number of morpholine rings is 1. The molecule has 4 fully saturated rings. The Morgan fingerprint density at radius 3 is 2.30 bits per heavy atom. The highest BCUT2D eigenvalue weighted by Crippen LogP contribution is 2.40. The van der Waals surface area contributed by atoms with Crippen molar-refractivity contribution in [3.05, 3.63) is 100 Å². The summed E-state index contributed by atoms with van der Waals surface area (Å²) in [5.41, 5.74) is 7.67. The van der Waals surface area contributed by atoms with Crippen molar-refractivity contribution in [3.63, 3.8) is 0 Å². The predicted molar refractivity (Wildman–Crippen MR) is 425 cm³/mol. The van der Waals surface area contributed by atoms with Gasteiger partial charge in [-0.05, 0) is 163 Å². The fraction of sp³-hybridized carbons (Fsp3) is 0.679. The quantitative estimate of drug-likeness (QED) is 0.0129. The summed E-state index contributed by atoms with van der Waals surface area (Å²) >= 11 is 1.61. The summed E-state index contributed by atoms with van der Waals surface area (Å²) in [5.74, 6) is -5.71. The number of hydrogen-bond donors (Lipinski definition) is 4. The number of fused-ring (bicyclic) bond motifs is 4. The number of benzene rings is 2. The summed E-state index contributed by atoms with van der Waals surface area (Å²) in [4.78, 5) is 80.0. The van der Waals surface area contributed by atoms with E-state index in [1.807, 2.05) is 52.8 Å². The van der Waals surface area contributed by atoms with Crippen LogP contribution in [-0.2, 0) is 99.1 Å². The number of piperidine rings is 1. The Hall–Kier alpha value is -6.91. The number of aromatic nitrogens is 6. The third-order valence-electron chi connectivity index (χ3n) is 23.0. The average Bonchev–Trinajstić information content (AvgIpc) is 0.796. The lowest BCUT2D eigenvalue weighted by molar-refractivity contribution is -0.302. The molecular formula is C84H122FN9O19S. The molecule has 10 rings (SSSR count). The van der Waals surface area contributed by atoms with E-state index in [4.69, 9.17) is 56.9 Å². The number of methoxy groups -OCH3 is 3. The number of cyclic esters (lactones) is 1. The molecule has 4 aliphatic heterocycles. The SMILES string of the molecule is COC1C[C@@H](C)C/C(C)=C/[C@@H](CCCSCCC(=O)NCCOCCOCCOCCn2cc(COc3ccc(CCc4nc5cc(-c6c(C)noc6C)ccc5n4CCN4CCOCC4)cc3F)nn2)C(=O)C[C@H](O)[C@@H](C)C(/C(C)=C/[C@@H]2CC[C@@H](O)[C@H](OC)C2)OC(=O)[C@@H]2CCCCN2C(=O)C(=O)[C@]2(O)O[C@H]1[C@@H](OC)C[C@H]2C. The minimum absolute atomic E-state index is 0.0352. The molecule has 30 heteroatoms. The second-order valence-electron chi connectivity index (χ2n) is 31.5. The first-order valence-electron chi connectivity index (χ1n) is 40.8. The lowest BCUT2D eigenvalue weighted by Gasteiger charge is -2.47. The maximum Gasteiger partial charge on any atom is 0.329 e. The monoisotopic (exact) mass is 1610 g/mol. The molecule has 5 aliphatic rings. The van der Waals surface area contributed by atoms with Crippen LogP contribution in [0.4, 0.5) is 4.39 Å². The zero-order chi connectivity index (χ0) is 81.4. The number of halogens is 1. The average molecular weight is 1610 g/mol. The highest BCUT2D eigenvalue weighted by Gasteiger charge is 2.57. The van der Waals surface area contributed by atoms with Crippen molar-refractivity contribution in [2.75, 3.05) is 118 Å². The first kappa shape index (κ1) is 89.4. The molecule has 0 radical (unpaired) electrons. The molecule has 2 amide bonds. The number of hydrogen-bond acceptors (Lipinski definition) is 25. The highest BCUT2D eigenvalue weighted by molar-refractivity contribution is 7.99. The van der Waals surface area contributed by atoms with Crippen LogP contribution in [0.15, 0.2) is 70.4 Å². The maximum absolute atomic E-state index is 15.6. The number of nitrogens with zero attached hydrogens (tertiary/aromatic N) is 8. The number of aliphatic hydroxyl groups is 3. The molecule has 3 saturated heterocycles. The van der Waals surface area contributed by atoms with Gasteiger partial charge in [0, 0.05) is 109 Å². The fourth-order valence-electron chi connectivity index (χ4n) is 16.5. The van der Waals surface area contributed by atoms with E-state index in [0.717, 1.165) is 90.0 Å². The minimum atomic E-state index is -2.57. The van der Waals surface area contributed by atoms with Crippen molar-refractivity contribution in [1.82, 2.24) is 44.8 Å². The zero-order valence-corrected chi connectivity index (χ0v) is 69.1. The number of carbonyl (C=O) groups is 5. The predicted octanol–water partition coefficient (Wildman–Crippen LogP) is 8.88. The number of ketones is 2. The summed E-state index contributed by atoms with van der Waals surface area (Å²) in [6.45, 7) is 20.8. The van der Waals surface area contributed by atoms with Crippen molar-refractivity contribution >= 4 is 52.1 Å². The topological polar surface area (TPSA) is 331 Å². The Morgan fingerprint density at radius 2 is 1.56 bits per heavy atom. The normalized spacial score (nSPS) is 27.4. The molecule has 4 N–H and O–H groups in total. The molecule has 14 atom stereocenters. The lowest BCUT2D eigenvalue weighted by Crippen LogP contribution is -2.64. The number of allylic oxidation sites excluding steroid dienone is 3. The van der Waals surface area contributed by atoms with Crippen LogP contribution in [0.3, 0.4) is 0 Å². The molecule has 2 aromatic carbocycles. The van der Waals surface area contributed by atoms with Gasteiger partial charge >= 0.3 is 5.97 Å². The third-order valence-corrected chi connectivity index (χ3v) is 24.1. The van der Waals surface area contributed by atoms with Crippen molar-refractivity contribution in [3.8, 4) is 16.9 Å². The van der Waals surface area contributed by atoms with Gasteiger partial charge < -0.3 is 82.0 Å². The Bertz CT molecular complexity index is 3980. The molecule has 630 valence electrons. The lowest BCUT2D eigenvalue weighted by atomic mass is 9.81. The van der Waals surface area contributed by atoms with Gasteiger partial charge in [0.15, 0.2) is 11.6 Å². The van der Waals surface area contributed by atoms with Crippen LogP contribution in [0, 0.1) is 49.3 Å². The molecular weight excluding hydrogens is 1490 g/mol. The minimum Gasteiger partial charge on any atom is -0.484 e. The molecule has 114 heavy (non-hydrogen) atoms. The zero-order valence-electron chi connectivity index (χ0n) is 68.3. The molecule has 2 bridgehead atoms. The van der Waals surface area contributed by atoms with Gasteiger partial charge in [0.2, 0.25) is 11.7 Å². The van der Waals surface area contributed by atoms with E-state index in [0.29, 0.717) is 153 Å². The van der Waals surface area contributed by atoms with Crippen LogP contribution >= 0.6 is 11.8 Å². The van der Waals surface area contributed by atoms with Crippen molar-refractivity contribution in [2.24, 2.45) is 29.6 Å². The van der Waals surface area contributed by atoms with E-state index >= 15 is 4.39 Å². The second kappa shape index (κ2) is 44.0. The summed E-state index contributed by atoms with van der Waals surface area (Å²) in [5, 5.41) is 50.5. The molecule has 1 aliphatic carbocycles. The summed E-state index contributed by atoms with van der Waals surface area (Å²) in [6.07, 6.45) is 6.45. The van der Waals surface area contributed by atoms with Crippen molar-refractivity contribution < 1.29 is 95.6 Å². The van der Waals surface area contributed by atoms with Gasteiger partial charge in [-0.3, -0.25) is 24.1 Å². The number of imidazole rings is 1. The smallest absolute Gasteiger partial charge is 0.329 e. The Balaban J connectivity index is 0.626. The van der Waals surface area contributed by atoms with E-state index in [1.165, 1.54) is 25.2 Å². The first-order chi connectivity index (χ1) is 54.9. The Kier molecular flexibility index (Phi) is 34.6. The molecule has 28 nitrogen and oxygen atoms in total. The van der Waals surface area contributed by atoms with Gasteiger partial charge in [-0.1, -0.05) is 61.0 Å². The molecule has 2 unspecified atom stereocenters. The summed E-state index contributed by atoms with van der Waals surface area (Å²) in [6, 6.07) is 10.2. The van der Waals surface area contributed by atoms with Gasteiger partial charge in [0.25, 0.3) is 11.7 Å². The number of thioether (sulfide) groups is 1. The van der Waals surface area contributed by atoms with Crippen LogP contribution in [0.25, 0.3) is 22.2 Å². The standard InChI is InChI=1S/C84H122FN9O19S/c1-53-42-54(2)44-74(104-9)80-75(105-10)46-56(4)84(102,112-80)81(99)82(100)94-26-12-11-15-68(94)83(101)111-79(55(3)45-61-16-21-69(95)73(48-61)103-8)57(5)70(96)50-71(97)62(43-53)14-13-40-114-41-24-77(98)86-25-32-106-36-38-109-39-37-108-35-31-92-51-64(88-90-92)52-110-72-22-17-60(47-65(72)85)18-23-76-87-66-49-63(78-58(6)89-113-59(78)7)19-20-67(66)93(76)28-27-91-29-33-107-34-30-91/h17,19-20,22,43,45,47,49,51,54,56-57,61-62,68-70,73-75,79-80,95-96,102H,11-16,18,21,23-42,44,46,48,50,52H2,1-10H3,(H,86,98)/b53-43+,55-45+/t54-,56+,57+,61-,62+,68-,69+,70-,73+,74?,75-,79?,80+,84+/m0/s1. The van der Waals surface area contributed by atoms with Crippen LogP contribution < -0.4 is 10.1 Å². The molecule has 0 spiro atoms. The van der Waals surface area contributed by atoms with Crippen LogP contribution in [-0.4, -0.2) is 257 Å².